The third-order valence-corrected chi connectivity index (χ3v) is 3.01. The molecule has 1 saturated carbocycles. The molecule has 2 N–H and O–H groups in total. The average Bonchev–Trinajstić information content (AvgIpc) is 2.31. The van der Waals surface area contributed by atoms with E-state index in [2.05, 4.69) is 10.3 Å². The Kier molecular flexibility index (Phi) is 3.39. The predicted molar refractivity (Wildman–Crippen MR) is 61.4 cm³/mol. The van der Waals surface area contributed by atoms with Crippen LogP contribution in [0.25, 0.3) is 0 Å². The summed E-state index contributed by atoms with van der Waals surface area (Å²) in [4.78, 5) is 26.0. The van der Waals surface area contributed by atoms with Crippen LogP contribution in [0.3, 0.4) is 0 Å². The first kappa shape index (κ1) is 10.9. The summed E-state index contributed by atoms with van der Waals surface area (Å²) in [6.45, 7) is 0. The number of hydrogen-bond acceptors (Lipinski definition) is 2. The topological polar surface area (TPSA) is 62.0 Å². The smallest absolute Gasteiger partial charge is 0.256 e. The molecular weight excluding hydrogens is 204 g/mol. The number of carbonyl (C=O) groups excluding carboxylic acids is 1. The van der Waals surface area contributed by atoms with Crippen LogP contribution >= 0.6 is 0 Å². The lowest BCUT2D eigenvalue weighted by Gasteiger charge is -2.22. The van der Waals surface area contributed by atoms with Crippen molar-refractivity contribution in [1.29, 1.82) is 0 Å². The monoisotopic (exact) mass is 220 g/mol. The van der Waals surface area contributed by atoms with Crippen molar-refractivity contribution in [2.24, 2.45) is 0 Å². The highest BCUT2D eigenvalue weighted by atomic mass is 16.2. The van der Waals surface area contributed by atoms with Crippen LogP contribution in [0.5, 0.6) is 0 Å². The van der Waals surface area contributed by atoms with Crippen LogP contribution in [0, 0.1) is 0 Å². The molecule has 16 heavy (non-hydrogen) atoms. The van der Waals surface area contributed by atoms with Gasteiger partial charge in [0.2, 0.25) is 0 Å². The Bertz CT molecular complexity index is 419. The Balaban J connectivity index is 2.02. The van der Waals surface area contributed by atoms with Crippen LogP contribution in [-0.4, -0.2) is 16.9 Å². The number of hydrogen-bond donors (Lipinski definition) is 2. The van der Waals surface area contributed by atoms with Crippen LogP contribution in [0.4, 0.5) is 0 Å². The van der Waals surface area contributed by atoms with Crippen LogP contribution in [0.2, 0.25) is 0 Å². The number of H-pyrrole nitrogens is 1. The fraction of sp³-hybridized carbons (Fsp3) is 0.500. The van der Waals surface area contributed by atoms with Crippen molar-refractivity contribution in [3.63, 3.8) is 0 Å². The van der Waals surface area contributed by atoms with Gasteiger partial charge in [-0.05, 0) is 12.8 Å². The van der Waals surface area contributed by atoms with Crippen LogP contribution < -0.4 is 10.7 Å². The first-order chi connectivity index (χ1) is 7.77. The third kappa shape index (κ3) is 2.51. The zero-order valence-electron chi connectivity index (χ0n) is 9.16. The maximum atomic E-state index is 11.8. The largest absolute Gasteiger partial charge is 0.367 e. The summed E-state index contributed by atoms with van der Waals surface area (Å²) in [5.41, 5.74) is -0.0277. The first-order valence-corrected chi connectivity index (χ1v) is 5.75. The number of aromatic amines is 1. The number of amides is 1. The summed E-state index contributed by atoms with van der Waals surface area (Å²) in [5, 5.41) is 2.92. The van der Waals surface area contributed by atoms with E-state index in [0.717, 1.165) is 25.7 Å². The number of carbonyl (C=O) groups is 1. The fourth-order valence-corrected chi connectivity index (χ4v) is 2.10. The molecule has 1 aliphatic carbocycles. The predicted octanol–water partition coefficient (Wildman–Crippen LogP) is 1.44. The van der Waals surface area contributed by atoms with Crippen LogP contribution in [0.15, 0.2) is 23.3 Å². The number of rotatable bonds is 2. The molecule has 1 aromatic rings. The second-order valence-electron chi connectivity index (χ2n) is 4.23. The van der Waals surface area contributed by atoms with Gasteiger partial charge in [-0.15, -0.1) is 0 Å². The van der Waals surface area contributed by atoms with Crippen LogP contribution in [0.1, 0.15) is 42.5 Å². The molecule has 0 atom stereocenters. The molecule has 0 aliphatic heterocycles. The van der Waals surface area contributed by atoms with Crippen molar-refractivity contribution < 1.29 is 4.79 Å². The van der Waals surface area contributed by atoms with E-state index in [1.54, 1.807) is 0 Å². The van der Waals surface area contributed by atoms with Crippen molar-refractivity contribution in [2.45, 2.75) is 38.1 Å². The summed E-state index contributed by atoms with van der Waals surface area (Å²) in [6, 6.07) is 1.61. The van der Waals surface area contributed by atoms with E-state index in [1.807, 2.05) is 0 Å². The van der Waals surface area contributed by atoms with Crippen LogP contribution in [-0.2, 0) is 0 Å². The van der Waals surface area contributed by atoms with Gasteiger partial charge in [-0.1, -0.05) is 19.3 Å². The summed E-state index contributed by atoms with van der Waals surface area (Å²) in [7, 11) is 0. The van der Waals surface area contributed by atoms with Crippen molar-refractivity contribution in [1.82, 2.24) is 10.3 Å². The Morgan fingerprint density at radius 2 is 2.06 bits per heavy atom. The minimum atomic E-state index is -0.256. The lowest BCUT2D eigenvalue weighted by atomic mass is 9.95. The molecule has 4 heteroatoms. The maximum Gasteiger partial charge on any atom is 0.256 e. The highest BCUT2D eigenvalue weighted by molar-refractivity contribution is 5.93. The highest BCUT2D eigenvalue weighted by Gasteiger charge is 2.17. The van der Waals surface area contributed by atoms with E-state index in [0.29, 0.717) is 0 Å². The van der Waals surface area contributed by atoms with Crippen molar-refractivity contribution in [3.8, 4) is 0 Å². The second-order valence-corrected chi connectivity index (χ2v) is 4.23. The Morgan fingerprint density at radius 3 is 2.75 bits per heavy atom. The summed E-state index contributed by atoms with van der Waals surface area (Å²) in [5.74, 6) is -0.256. The average molecular weight is 220 g/mol. The van der Waals surface area contributed by atoms with Gasteiger partial charge < -0.3 is 10.3 Å². The lowest BCUT2D eigenvalue weighted by Crippen LogP contribution is -2.38. The molecule has 0 radical (unpaired) electrons. The molecule has 1 fully saturated rings. The van der Waals surface area contributed by atoms with E-state index in [1.165, 1.54) is 24.9 Å². The molecule has 4 nitrogen and oxygen atoms in total. The van der Waals surface area contributed by atoms with Crippen molar-refractivity contribution >= 4 is 5.91 Å². The van der Waals surface area contributed by atoms with E-state index >= 15 is 0 Å². The molecule has 0 spiro atoms. The van der Waals surface area contributed by atoms with Crippen molar-refractivity contribution in [3.05, 3.63) is 34.2 Å². The van der Waals surface area contributed by atoms with Gasteiger partial charge in [-0.3, -0.25) is 9.59 Å². The number of nitrogens with one attached hydrogen (secondary N) is 2. The van der Waals surface area contributed by atoms with Gasteiger partial charge in [-0.2, -0.15) is 0 Å². The van der Waals surface area contributed by atoms with Gasteiger partial charge in [-0.25, -0.2) is 0 Å². The minimum Gasteiger partial charge on any atom is -0.367 e. The van der Waals surface area contributed by atoms with Crippen molar-refractivity contribution in [2.75, 3.05) is 0 Å². The van der Waals surface area contributed by atoms with Gasteiger partial charge >= 0.3 is 0 Å². The summed E-state index contributed by atoms with van der Waals surface area (Å²) in [6.07, 6.45) is 8.61. The number of pyridine rings is 1. The molecule has 1 aromatic heterocycles. The maximum absolute atomic E-state index is 11.8. The molecule has 1 heterocycles. The Hall–Kier alpha value is -1.58. The van der Waals surface area contributed by atoms with Gasteiger partial charge in [0.1, 0.15) is 5.56 Å². The normalized spacial score (nSPS) is 17.0. The second kappa shape index (κ2) is 4.96. The molecule has 86 valence electrons. The van der Waals surface area contributed by atoms with E-state index in [4.69, 9.17) is 0 Å². The molecule has 2 rings (SSSR count). The molecule has 1 aliphatic rings. The Morgan fingerprint density at radius 1 is 1.31 bits per heavy atom. The zero-order valence-corrected chi connectivity index (χ0v) is 9.16. The quantitative estimate of drug-likeness (QED) is 0.792. The fourth-order valence-electron chi connectivity index (χ4n) is 2.10. The highest BCUT2D eigenvalue weighted by Crippen LogP contribution is 2.17. The summed E-state index contributed by atoms with van der Waals surface area (Å²) < 4.78 is 0. The van der Waals surface area contributed by atoms with Gasteiger partial charge in [0, 0.05) is 24.5 Å². The molecule has 1 amide bonds. The molecule has 0 bridgehead atoms. The minimum absolute atomic E-state index is 0.202. The first-order valence-electron chi connectivity index (χ1n) is 5.75. The van der Waals surface area contributed by atoms with E-state index in [-0.39, 0.29) is 22.9 Å². The van der Waals surface area contributed by atoms with Gasteiger partial charge in [0.05, 0.1) is 0 Å². The summed E-state index contributed by atoms with van der Waals surface area (Å²) >= 11 is 0. The number of aromatic nitrogens is 1. The third-order valence-electron chi connectivity index (χ3n) is 3.01. The zero-order chi connectivity index (χ0) is 11.4. The molecule has 0 aromatic carbocycles. The molecular formula is C12H16N2O2. The van der Waals surface area contributed by atoms with E-state index in [9.17, 15) is 9.59 Å². The standard InChI is InChI=1S/C12H16N2O2/c15-11-6-7-13-8-10(11)12(16)14-9-4-2-1-3-5-9/h6-9H,1-5H2,(H,13,15)(H,14,16). The lowest BCUT2D eigenvalue weighted by molar-refractivity contribution is 0.0926. The van der Waals surface area contributed by atoms with Gasteiger partial charge in [0.15, 0.2) is 5.43 Å². The van der Waals surface area contributed by atoms with Gasteiger partial charge in [0.25, 0.3) is 5.91 Å². The van der Waals surface area contributed by atoms with E-state index < -0.39 is 0 Å². The SMILES string of the molecule is O=C(NC1CCCCC1)c1c[nH]ccc1=O. The molecule has 0 unspecified atom stereocenters. The Labute approximate surface area is 94.1 Å². The molecule has 0 saturated heterocycles.